The van der Waals surface area contributed by atoms with Crippen LogP contribution in [0, 0.1) is 10.8 Å². The zero-order valence-corrected chi connectivity index (χ0v) is 15.1. The highest BCUT2D eigenvalue weighted by molar-refractivity contribution is 5.94. The van der Waals surface area contributed by atoms with E-state index in [-0.39, 0.29) is 16.5 Å². The minimum atomic E-state index is -0.827. The fourth-order valence-electron chi connectivity index (χ4n) is 4.39. The topological polar surface area (TPSA) is 50.4 Å². The Kier molecular flexibility index (Phi) is 3.95. The van der Waals surface area contributed by atoms with Crippen LogP contribution in [0.15, 0.2) is 39.6 Å². The molecule has 1 aliphatic carbocycles. The summed E-state index contributed by atoms with van der Waals surface area (Å²) in [6, 6.07) is 7.50. The van der Waals surface area contributed by atoms with E-state index in [2.05, 4.69) is 33.8 Å². The SMILES string of the molecule is CC(O)c1oc(=O)c2ccccc2c1C1=CC(C)(C)CC(C)(C)C1. The summed E-state index contributed by atoms with van der Waals surface area (Å²) in [6.45, 7) is 10.7. The van der Waals surface area contributed by atoms with Crippen molar-refractivity contribution < 1.29 is 9.52 Å². The van der Waals surface area contributed by atoms with E-state index in [1.165, 1.54) is 0 Å². The largest absolute Gasteiger partial charge is 0.424 e. The first-order valence-electron chi connectivity index (χ1n) is 8.56. The molecule has 0 aliphatic heterocycles. The van der Waals surface area contributed by atoms with Gasteiger partial charge in [0.05, 0.1) is 5.39 Å². The van der Waals surface area contributed by atoms with Crippen LogP contribution in [0.25, 0.3) is 16.3 Å². The summed E-state index contributed by atoms with van der Waals surface area (Å²) in [5.41, 5.74) is 1.87. The van der Waals surface area contributed by atoms with Gasteiger partial charge in [0, 0.05) is 5.56 Å². The van der Waals surface area contributed by atoms with Gasteiger partial charge in [-0.3, -0.25) is 0 Å². The zero-order chi connectivity index (χ0) is 17.7. The molecular formula is C21H26O3. The second-order valence-corrected chi connectivity index (χ2v) is 8.53. The monoisotopic (exact) mass is 326 g/mol. The molecule has 3 heteroatoms. The molecule has 128 valence electrons. The molecule has 0 spiro atoms. The molecule has 3 rings (SSSR count). The van der Waals surface area contributed by atoms with Gasteiger partial charge in [-0.1, -0.05) is 52.0 Å². The summed E-state index contributed by atoms with van der Waals surface area (Å²) in [6.07, 6.45) is 3.45. The van der Waals surface area contributed by atoms with E-state index in [1.807, 2.05) is 18.2 Å². The first-order chi connectivity index (χ1) is 11.1. The highest BCUT2D eigenvalue weighted by atomic mass is 16.4. The number of aliphatic hydroxyl groups is 1. The Morgan fingerprint density at radius 1 is 1.12 bits per heavy atom. The standard InChI is InChI=1S/C21H26O3/c1-13(22)18-17(14-10-20(2,3)12-21(4,5)11-14)15-8-6-7-9-16(15)19(23)24-18/h6-10,13,22H,11-12H2,1-5H3. The van der Waals surface area contributed by atoms with Gasteiger partial charge in [0.25, 0.3) is 0 Å². The first kappa shape index (κ1) is 17.0. The van der Waals surface area contributed by atoms with E-state index < -0.39 is 6.10 Å². The number of aliphatic hydroxyl groups excluding tert-OH is 1. The fourth-order valence-corrected chi connectivity index (χ4v) is 4.39. The molecule has 0 saturated carbocycles. The van der Waals surface area contributed by atoms with Crippen molar-refractivity contribution in [3.63, 3.8) is 0 Å². The average Bonchev–Trinajstić information content (AvgIpc) is 2.43. The fraction of sp³-hybridized carbons (Fsp3) is 0.476. The summed E-state index contributed by atoms with van der Waals surface area (Å²) < 4.78 is 5.53. The van der Waals surface area contributed by atoms with Crippen LogP contribution >= 0.6 is 0 Å². The van der Waals surface area contributed by atoms with Crippen molar-refractivity contribution in [1.82, 2.24) is 0 Å². The summed E-state index contributed by atoms with van der Waals surface area (Å²) in [7, 11) is 0. The van der Waals surface area contributed by atoms with Crippen LogP contribution in [0.4, 0.5) is 0 Å². The van der Waals surface area contributed by atoms with Crippen LogP contribution in [0.3, 0.4) is 0 Å². The molecule has 24 heavy (non-hydrogen) atoms. The van der Waals surface area contributed by atoms with Gasteiger partial charge >= 0.3 is 5.63 Å². The van der Waals surface area contributed by atoms with Gasteiger partial charge in [-0.05, 0) is 47.6 Å². The lowest BCUT2D eigenvalue weighted by Gasteiger charge is -2.40. The molecule has 3 nitrogen and oxygen atoms in total. The Hall–Kier alpha value is -1.87. The van der Waals surface area contributed by atoms with Crippen LogP contribution in [-0.2, 0) is 0 Å². The molecule has 1 heterocycles. The molecule has 1 unspecified atom stereocenters. The molecule has 2 aromatic rings. The molecule has 1 aromatic carbocycles. The Bertz CT molecular complexity index is 866. The van der Waals surface area contributed by atoms with Crippen LogP contribution in [0.2, 0.25) is 0 Å². The minimum absolute atomic E-state index is 0.0598. The summed E-state index contributed by atoms with van der Waals surface area (Å²) in [5.74, 6) is 0.374. The Balaban J connectivity index is 2.37. The van der Waals surface area contributed by atoms with Crippen LogP contribution in [0.1, 0.15) is 64.9 Å². The number of fused-ring (bicyclic) bond motifs is 1. The normalized spacial score (nSPS) is 20.7. The van der Waals surface area contributed by atoms with E-state index in [0.29, 0.717) is 11.1 Å². The summed E-state index contributed by atoms with van der Waals surface area (Å²) in [4.78, 5) is 12.3. The molecule has 0 amide bonds. The van der Waals surface area contributed by atoms with Crippen LogP contribution in [-0.4, -0.2) is 5.11 Å². The lowest BCUT2D eigenvalue weighted by atomic mass is 9.65. The average molecular weight is 326 g/mol. The molecule has 0 radical (unpaired) electrons. The van der Waals surface area contributed by atoms with Gasteiger partial charge in [0.1, 0.15) is 11.9 Å². The third kappa shape index (κ3) is 3.05. The van der Waals surface area contributed by atoms with E-state index in [4.69, 9.17) is 4.42 Å². The maximum Gasteiger partial charge on any atom is 0.343 e. The van der Waals surface area contributed by atoms with E-state index in [9.17, 15) is 9.90 Å². The second kappa shape index (κ2) is 5.59. The molecule has 0 saturated heterocycles. The van der Waals surface area contributed by atoms with E-state index >= 15 is 0 Å². The van der Waals surface area contributed by atoms with Crippen molar-refractivity contribution >= 4 is 16.3 Å². The molecule has 1 aliphatic rings. The van der Waals surface area contributed by atoms with E-state index in [0.717, 1.165) is 29.4 Å². The molecule has 1 aromatic heterocycles. The molecule has 1 atom stereocenters. The predicted molar refractivity (Wildman–Crippen MR) is 97.9 cm³/mol. The lowest BCUT2D eigenvalue weighted by molar-refractivity contribution is 0.164. The summed E-state index contributed by atoms with van der Waals surface area (Å²) in [5, 5.41) is 11.7. The quantitative estimate of drug-likeness (QED) is 0.837. The van der Waals surface area contributed by atoms with Crippen molar-refractivity contribution in [2.45, 2.75) is 53.6 Å². The number of hydrogen-bond acceptors (Lipinski definition) is 3. The van der Waals surface area contributed by atoms with Crippen LogP contribution < -0.4 is 5.63 Å². The maximum absolute atomic E-state index is 12.3. The Morgan fingerprint density at radius 2 is 1.75 bits per heavy atom. The van der Waals surface area contributed by atoms with Gasteiger partial charge in [-0.2, -0.15) is 0 Å². The molecular weight excluding hydrogens is 300 g/mol. The number of hydrogen-bond donors (Lipinski definition) is 1. The Labute approximate surface area is 143 Å². The number of allylic oxidation sites excluding steroid dienone is 2. The number of rotatable bonds is 2. The lowest BCUT2D eigenvalue weighted by Crippen LogP contribution is -2.27. The summed E-state index contributed by atoms with van der Waals surface area (Å²) >= 11 is 0. The Morgan fingerprint density at radius 3 is 2.33 bits per heavy atom. The van der Waals surface area contributed by atoms with Gasteiger partial charge in [0.15, 0.2) is 0 Å². The van der Waals surface area contributed by atoms with Crippen LogP contribution in [0.5, 0.6) is 0 Å². The zero-order valence-electron chi connectivity index (χ0n) is 15.1. The minimum Gasteiger partial charge on any atom is -0.424 e. The van der Waals surface area contributed by atoms with Crippen molar-refractivity contribution in [3.05, 3.63) is 52.1 Å². The third-order valence-electron chi connectivity index (χ3n) is 4.73. The first-order valence-corrected chi connectivity index (χ1v) is 8.56. The van der Waals surface area contributed by atoms with Gasteiger partial charge < -0.3 is 9.52 Å². The smallest absolute Gasteiger partial charge is 0.343 e. The van der Waals surface area contributed by atoms with Crippen molar-refractivity contribution in [2.24, 2.45) is 10.8 Å². The highest BCUT2D eigenvalue weighted by Crippen LogP contribution is 2.49. The molecule has 1 N–H and O–H groups in total. The van der Waals surface area contributed by atoms with Crippen molar-refractivity contribution in [2.75, 3.05) is 0 Å². The van der Waals surface area contributed by atoms with Crippen molar-refractivity contribution in [3.8, 4) is 0 Å². The van der Waals surface area contributed by atoms with E-state index in [1.54, 1.807) is 13.0 Å². The van der Waals surface area contributed by atoms with Gasteiger partial charge in [0.2, 0.25) is 0 Å². The molecule has 0 bridgehead atoms. The highest BCUT2D eigenvalue weighted by Gasteiger charge is 2.35. The van der Waals surface area contributed by atoms with Gasteiger partial charge in [-0.15, -0.1) is 0 Å². The number of benzene rings is 1. The maximum atomic E-state index is 12.3. The van der Waals surface area contributed by atoms with Crippen molar-refractivity contribution in [1.29, 1.82) is 0 Å². The third-order valence-corrected chi connectivity index (χ3v) is 4.73. The second-order valence-electron chi connectivity index (χ2n) is 8.53. The molecule has 0 fully saturated rings. The predicted octanol–water partition coefficient (Wildman–Crippen LogP) is 5.08. The van der Waals surface area contributed by atoms with Gasteiger partial charge in [-0.25, -0.2) is 4.79 Å².